The average Bonchev–Trinajstić information content (AvgIpc) is 1.82. The number of hydrogen-bond acceptors (Lipinski definition) is 1. The Morgan fingerprint density at radius 2 is 1.80 bits per heavy atom. The highest BCUT2D eigenvalue weighted by atomic mass is 14.5. The molecule has 1 atom stereocenters. The Labute approximate surface area is 65.0 Å². The Kier molecular flexibility index (Phi) is 5.70. The van der Waals surface area contributed by atoms with Crippen molar-refractivity contribution >= 4 is 0 Å². The van der Waals surface area contributed by atoms with E-state index in [4.69, 9.17) is 5.73 Å². The number of rotatable bonds is 5. The van der Waals surface area contributed by atoms with Gasteiger partial charge in [0.15, 0.2) is 0 Å². The van der Waals surface area contributed by atoms with Gasteiger partial charge in [0.25, 0.3) is 0 Å². The van der Waals surface area contributed by atoms with Gasteiger partial charge in [-0.3, -0.25) is 0 Å². The molecule has 0 bridgehead atoms. The van der Waals surface area contributed by atoms with Crippen LogP contribution in [0.2, 0.25) is 0 Å². The van der Waals surface area contributed by atoms with Gasteiger partial charge in [-0.2, -0.15) is 0 Å². The monoisotopic (exact) mass is 143 g/mol. The molecule has 0 aliphatic carbocycles. The maximum absolute atomic E-state index is 5.41. The van der Waals surface area contributed by atoms with Crippen LogP contribution >= 0.6 is 0 Å². The lowest BCUT2D eigenvalue weighted by atomic mass is 9.95. The van der Waals surface area contributed by atoms with Crippen LogP contribution in [0.5, 0.6) is 0 Å². The molecule has 0 rings (SSSR count). The van der Waals surface area contributed by atoms with E-state index in [0.717, 1.165) is 18.4 Å². The smallest absolute Gasteiger partial charge is 0.00772 e. The van der Waals surface area contributed by atoms with Crippen molar-refractivity contribution in [2.75, 3.05) is 6.54 Å². The van der Waals surface area contributed by atoms with Gasteiger partial charge in [-0.25, -0.2) is 0 Å². The zero-order chi connectivity index (χ0) is 7.98. The first-order valence-electron chi connectivity index (χ1n) is 4.37. The molecule has 0 heterocycles. The Morgan fingerprint density at radius 1 is 1.20 bits per heavy atom. The van der Waals surface area contributed by atoms with Gasteiger partial charge in [-0.1, -0.05) is 20.8 Å². The zero-order valence-corrected chi connectivity index (χ0v) is 7.56. The van der Waals surface area contributed by atoms with Crippen LogP contribution in [0.3, 0.4) is 0 Å². The normalized spacial score (nSPS) is 14.1. The summed E-state index contributed by atoms with van der Waals surface area (Å²) < 4.78 is 0. The molecule has 0 radical (unpaired) electrons. The molecule has 0 aromatic rings. The second kappa shape index (κ2) is 5.72. The van der Waals surface area contributed by atoms with Crippen LogP contribution in [0, 0.1) is 11.8 Å². The minimum absolute atomic E-state index is 0.841. The molecule has 0 fully saturated rings. The topological polar surface area (TPSA) is 26.0 Å². The fourth-order valence-electron chi connectivity index (χ4n) is 1.39. The summed E-state index contributed by atoms with van der Waals surface area (Å²) in [6.07, 6.45) is 3.84. The van der Waals surface area contributed by atoms with Crippen LogP contribution in [-0.4, -0.2) is 6.54 Å². The van der Waals surface area contributed by atoms with E-state index in [-0.39, 0.29) is 0 Å². The molecule has 1 nitrogen and oxygen atoms in total. The van der Waals surface area contributed by atoms with Crippen LogP contribution in [0.4, 0.5) is 0 Å². The van der Waals surface area contributed by atoms with Crippen molar-refractivity contribution in [2.45, 2.75) is 40.0 Å². The summed E-state index contributed by atoms with van der Waals surface area (Å²) in [5, 5.41) is 0. The SMILES string of the molecule is CC(C)CC(C)CCCN. The van der Waals surface area contributed by atoms with E-state index in [2.05, 4.69) is 20.8 Å². The summed E-state index contributed by atoms with van der Waals surface area (Å²) in [6.45, 7) is 7.72. The number of hydrogen-bond donors (Lipinski definition) is 1. The average molecular weight is 143 g/mol. The summed E-state index contributed by atoms with van der Waals surface area (Å²) >= 11 is 0. The summed E-state index contributed by atoms with van der Waals surface area (Å²) in [5.41, 5.74) is 5.41. The Balaban J connectivity index is 3.16. The quantitative estimate of drug-likeness (QED) is 0.628. The van der Waals surface area contributed by atoms with Gasteiger partial charge in [0.05, 0.1) is 0 Å². The Bertz CT molecular complexity index is 69.1. The van der Waals surface area contributed by atoms with E-state index < -0.39 is 0 Å². The molecule has 0 spiro atoms. The lowest BCUT2D eigenvalue weighted by Crippen LogP contribution is -2.04. The van der Waals surface area contributed by atoms with Crippen molar-refractivity contribution in [3.8, 4) is 0 Å². The Morgan fingerprint density at radius 3 is 2.20 bits per heavy atom. The molecule has 0 saturated carbocycles. The maximum Gasteiger partial charge on any atom is -0.00772 e. The summed E-state index contributed by atoms with van der Waals surface area (Å²) in [4.78, 5) is 0. The second-order valence-electron chi connectivity index (χ2n) is 3.67. The fraction of sp³-hybridized carbons (Fsp3) is 1.00. The van der Waals surface area contributed by atoms with Crippen LogP contribution in [0.1, 0.15) is 40.0 Å². The predicted molar refractivity (Wildman–Crippen MR) is 46.9 cm³/mol. The first-order valence-corrected chi connectivity index (χ1v) is 4.37. The van der Waals surface area contributed by atoms with E-state index in [0.29, 0.717) is 0 Å². The Hall–Kier alpha value is -0.0400. The van der Waals surface area contributed by atoms with Gasteiger partial charge in [0, 0.05) is 0 Å². The van der Waals surface area contributed by atoms with Crippen LogP contribution in [0.15, 0.2) is 0 Å². The lowest BCUT2D eigenvalue weighted by Gasteiger charge is -2.12. The molecule has 0 aliphatic heterocycles. The van der Waals surface area contributed by atoms with Crippen molar-refractivity contribution in [1.29, 1.82) is 0 Å². The zero-order valence-electron chi connectivity index (χ0n) is 7.56. The highest BCUT2D eigenvalue weighted by molar-refractivity contribution is 4.56. The summed E-state index contributed by atoms with van der Waals surface area (Å²) in [7, 11) is 0. The highest BCUT2D eigenvalue weighted by Crippen LogP contribution is 2.15. The van der Waals surface area contributed by atoms with E-state index in [1.54, 1.807) is 0 Å². The molecule has 0 saturated heterocycles. The molecule has 0 aliphatic rings. The van der Waals surface area contributed by atoms with Crippen molar-refractivity contribution in [1.82, 2.24) is 0 Å². The highest BCUT2D eigenvalue weighted by Gasteiger charge is 2.03. The molecular formula is C9H21N. The first-order chi connectivity index (χ1) is 4.66. The maximum atomic E-state index is 5.41. The van der Waals surface area contributed by atoms with Gasteiger partial charge in [-0.05, 0) is 37.6 Å². The lowest BCUT2D eigenvalue weighted by molar-refractivity contribution is 0.408. The molecule has 62 valence electrons. The van der Waals surface area contributed by atoms with Gasteiger partial charge >= 0.3 is 0 Å². The van der Waals surface area contributed by atoms with Crippen molar-refractivity contribution in [3.63, 3.8) is 0 Å². The van der Waals surface area contributed by atoms with E-state index >= 15 is 0 Å². The molecule has 2 N–H and O–H groups in total. The predicted octanol–water partition coefficient (Wildman–Crippen LogP) is 2.41. The van der Waals surface area contributed by atoms with Crippen LogP contribution in [-0.2, 0) is 0 Å². The van der Waals surface area contributed by atoms with E-state index in [1.807, 2.05) is 0 Å². The van der Waals surface area contributed by atoms with Gasteiger partial charge < -0.3 is 5.73 Å². The third kappa shape index (κ3) is 6.09. The van der Waals surface area contributed by atoms with Crippen molar-refractivity contribution in [3.05, 3.63) is 0 Å². The second-order valence-corrected chi connectivity index (χ2v) is 3.67. The third-order valence-corrected chi connectivity index (χ3v) is 1.77. The molecule has 0 aromatic carbocycles. The van der Waals surface area contributed by atoms with Crippen LogP contribution < -0.4 is 5.73 Å². The van der Waals surface area contributed by atoms with Crippen molar-refractivity contribution in [2.24, 2.45) is 17.6 Å². The minimum Gasteiger partial charge on any atom is -0.330 e. The molecule has 0 aromatic heterocycles. The van der Waals surface area contributed by atoms with Gasteiger partial charge in [0.2, 0.25) is 0 Å². The molecule has 0 amide bonds. The van der Waals surface area contributed by atoms with Crippen molar-refractivity contribution < 1.29 is 0 Å². The van der Waals surface area contributed by atoms with E-state index in [1.165, 1.54) is 19.3 Å². The van der Waals surface area contributed by atoms with Gasteiger partial charge in [0.1, 0.15) is 0 Å². The summed E-state index contributed by atoms with van der Waals surface area (Å²) in [5.74, 6) is 1.70. The molecule has 10 heavy (non-hydrogen) atoms. The molecule has 1 heteroatoms. The third-order valence-electron chi connectivity index (χ3n) is 1.77. The van der Waals surface area contributed by atoms with E-state index in [9.17, 15) is 0 Å². The van der Waals surface area contributed by atoms with Gasteiger partial charge in [-0.15, -0.1) is 0 Å². The van der Waals surface area contributed by atoms with Crippen LogP contribution in [0.25, 0.3) is 0 Å². The summed E-state index contributed by atoms with van der Waals surface area (Å²) in [6, 6.07) is 0. The largest absolute Gasteiger partial charge is 0.330 e. The molecular weight excluding hydrogens is 122 g/mol. The number of nitrogens with two attached hydrogens (primary N) is 1. The molecule has 1 unspecified atom stereocenters. The fourth-order valence-corrected chi connectivity index (χ4v) is 1.39. The minimum atomic E-state index is 0.841. The first kappa shape index (κ1) is 9.96. The standard InChI is InChI=1S/C9H21N/c1-8(2)7-9(3)5-4-6-10/h8-9H,4-7,10H2,1-3H3.